The van der Waals surface area contributed by atoms with E-state index >= 15 is 0 Å². The van der Waals surface area contributed by atoms with E-state index in [1.165, 1.54) is 54.9 Å². The van der Waals surface area contributed by atoms with E-state index in [1.807, 2.05) is 12.1 Å². The highest BCUT2D eigenvalue weighted by molar-refractivity contribution is 6.08. The second-order valence-electron chi connectivity index (χ2n) is 14.1. The summed E-state index contributed by atoms with van der Waals surface area (Å²) in [5.74, 6) is 0.899. The molecule has 0 atom stereocenters. The molecule has 0 radical (unpaired) electrons. The van der Waals surface area contributed by atoms with Crippen molar-refractivity contribution in [2.24, 2.45) is 0 Å². The molecule has 55 heavy (non-hydrogen) atoms. The van der Waals surface area contributed by atoms with Crippen LogP contribution in [-0.2, 0) is 0 Å². The molecule has 1 aromatic heterocycles. The van der Waals surface area contributed by atoms with Gasteiger partial charge in [0.2, 0.25) is 0 Å². The average molecular weight is 704 g/mol. The Morgan fingerprint density at radius 3 is 1.64 bits per heavy atom. The fourth-order valence-corrected chi connectivity index (χ4v) is 8.17. The molecule has 10 rings (SSSR count). The lowest BCUT2D eigenvalue weighted by Crippen LogP contribution is -2.10. The van der Waals surface area contributed by atoms with Crippen LogP contribution >= 0.6 is 0 Å². The summed E-state index contributed by atoms with van der Waals surface area (Å²) >= 11 is 0. The van der Waals surface area contributed by atoms with Crippen LogP contribution in [0.25, 0.3) is 77.2 Å². The summed E-state index contributed by atoms with van der Waals surface area (Å²) in [7, 11) is 0. The Morgan fingerprint density at radius 2 is 0.891 bits per heavy atom. The first kappa shape index (κ1) is 32.5. The molecule has 0 bridgehead atoms. The quantitative estimate of drug-likeness (QED) is 0.154. The third kappa shape index (κ3) is 5.85. The van der Waals surface area contributed by atoms with Crippen molar-refractivity contribution in [1.82, 2.24) is 0 Å². The van der Waals surface area contributed by atoms with Crippen molar-refractivity contribution < 1.29 is 4.42 Å². The molecule has 0 aliphatic heterocycles. The number of furan rings is 1. The molecule has 0 amide bonds. The fourth-order valence-electron chi connectivity index (χ4n) is 8.17. The lowest BCUT2D eigenvalue weighted by molar-refractivity contribution is 0.629. The number of anilines is 3. The number of para-hydroxylation sites is 1. The van der Waals surface area contributed by atoms with Gasteiger partial charge in [-0.05, 0) is 104 Å². The zero-order chi connectivity index (χ0) is 36.7. The molecule has 260 valence electrons. The average Bonchev–Trinajstić information content (AvgIpc) is 3.60. The number of fused-ring (bicyclic) bond motifs is 4. The minimum absolute atomic E-state index is 0.899. The molecule has 0 fully saturated rings. The second-order valence-corrected chi connectivity index (χ2v) is 14.1. The van der Waals surface area contributed by atoms with E-state index in [2.05, 4.69) is 206 Å². The molecule has 1 heterocycles. The first-order valence-corrected chi connectivity index (χ1v) is 18.8. The number of rotatable bonds is 7. The van der Waals surface area contributed by atoms with E-state index in [4.69, 9.17) is 4.42 Å². The van der Waals surface area contributed by atoms with Crippen molar-refractivity contribution in [3.05, 3.63) is 212 Å². The smallest absolute Gasteiger partial charge is 0.138 e. The van der Waals surface area contributed by atoms with Crippen LogP contribution in [0.15, 0.2) is 211 Å². The Bertz CT molecular complexity index is 2990. The Balaban J connectivity index is 1.10. The van der Waals surface area contributed by atoms with Gasteiger partial charge in [0, 0.05) is 33.6 Å². The Kier molecular flexibility index (Phi) is 8.08. The maximum Gasteiger partial charge on any atom is 0.138 e. The van der Waals surface area contributed by atoms with Gasteiger partial charge in [-0.2, -0.15) is 0 Å². The summed E-state index contributed by atoms with van der Waals surface area (Å²) in [5, 5.41) is 6.10. The molecule has 0 aliphatic carbocycles. The topological polar surface area (TPSA) is 16.4 Å². The van der Waals surface area contributed by atoms with Crippen LogP contribution in [0.4, 0.5) is 17.1 Å². The number of aryl methyl sites for hydroxylation is 1. The van der Waals surface area contributed by atoms with Gasteiger partial charge in [-0.1, -0.05) is 164 Å². The zero-order valence-electron chi connectivity index (χ0n) is 30.5. The number of hydrogen-bond acceptors (Lipinski definition) is 2. The summed E-state index contributed by atoms with van der Waals surface area (Å²) in [4.78, 5) is 2.36. The Hall–Kier alpha value is -7.16. The molecule has 0 saturated carbocycles. The molecule has 2 heteroatoms. The summed E-state index contributed by atoms with van der Waals surface area (Å²) < 4.78 is 6.46. The van der Waals surface area contributed by atoms with E-state index in [0.717, 1.165) is 44.9 Å². The van der Waals surface area contributed by atoms with Crippen molar-refractivity contribution in [3.63, 3.8) is 0 Å². The largest absolute Gasteiger partial charge is 0.456 e. The van der Waals surface area contributed by atoms with Gasteiger partial charge >= 0.3 is 0 Å². The van der Waals surface area contributed by atoms with Crippen molar-refractivity contribution in [3.8, 4) is 44.7 Å². The van der Waals surface area contributed by atoms with Gasteiger partial charge in [0.1, 0.15) is 11.3 Å². The monoisotopic (exact) mass is 703 g/mol. The van der Waals surface area contributed by atoms with Crippen LogP contribution in [0.5, 0.6) is 0 Å². The summed E-state index contributed by atoms with van der Waals surface area (Å²) in [5.41, 5.74) is 13.5. The molecular weight excluding hydrogens is 667 g/mol. The predicted octanol–water partition coefficient (Wildman–Crippen LogP) is 15.2. The van der Waals surface area contributed by atoms with Gasteiger partial charge in [0.25, 0.3) is 0 Å². The Labute approximate surface area is 321 Å². The predicted molar refractivity (Wildman–Crippen MR) is 232 cm³/mol. The molecule has 10 aromatic rings. The highest BCUT2D eigenvalue weighted by Crippen LogP contribution is 2.43. The van der Waals surface area contributed by atoms with Crippen molar-refractivity contribution in [1.29, 1.82) is 0 Å². The summed E-state index contributed by atoms with van der Waals surface area (Å²) in [6, 6.07) is 74.0. The molecule has 0 saturated heterocycles. The van der Waals surface area contributed by atoms with E-state index < -0.39 is 0 Å². The van der Waals surface area contributed by atoms with E-state index in [1.54, 1.807) is 0 Å². The van der Waals surface area contributed by atoms with E-state index in [9.17, 15) is 0 Å². The molecule has 0 aliphatic rings. The van der Waals surface area contributed by atoms with Crippen molar-refractivity contribution in [2.45, 2.75) is 6.92 Å². The first-order valence-electron chi connectivity index (χ1n) is 18.8. The first-order chi connectivity index (χ1) is 27.2. The third-order valence-corrected chi connectivity index (χ3v) is 10.9. The van der Waals surface area contributed by atoms with Gasteiger partial charge in [0.05, 0.1) is 0 Å². The standard InChI is InChI=1S/C53H37NO/c1-36-45-19-11-12-25-52(45)55-53(36)41-17-13-18-43(35-41)54(44-32-33-49-40(34-44)27-26-38-16-5-6-20-46(38)49)42-30-28-39(29-31-42)48-22-8-10-24-51(48)50-23-9-7-21-47(50)37-14-3-2-4-15-37/h2-35H,1H3. The van der Waals surface area contributed by atoms with Crippen LogP contribution < -0.4 is 4.90 Å². The highest BCUT2D eigenvalue weighted by atomic mass is 16.3. The van der Waals surface area contributed by atoms with Crippen LogP contribution in [0, 0.1) is 6.92 Å². The molecular formula is C53H37NO. The number of benzene rings is 9. The highest BCUT2D eigenvalue weighted by Gasteiger charge is 2.19. The summed E-state index contributed by atoms with van der Waals surface area (Å²) in [6.45, 7) is 2.15. The van der Waals surface area contributed by atoms with Gasteiger partial charge in [0.15, 0.2) is 0 Å². The number of hydrogen-bond donors (Lipinski definition) is 0. The SMILES string of the molecule is Cc1c(-c2cccc(N(c3ccc(-c4ccccc4-c4ccccc4-c4ccccc4)cc3)c3ccc4c(ccc5ccccc54)c3)c2)oc2ccccc12. The van der Waals surface area contributed by atoms with Crippen molar-refractivity contribution in [2.75, 3.05) is 4.90 Å². The Morgan fingerprint density at radius 1 is 0.345 bits per heavy atom. The van der Waals surface area contributed by atoms with Crippen LogP contribution in [-0.4, -0.2) is 0 Å². The van der Waals surface area contributed by atoms with Crippen molar-refractivity contribution >= 4 is 49.6 Å². The fraction of sp³-hybridized carbons (Fsp3) is 0.0189. The lowest BCUT2D eigenvalue weighted by atomic mass is 9.89. The van der Waals surface area contributed by atoms with E-state index in [-0.39, 0.29) is 0 Å². The van der Waals surface area contributed by atoms with Crippen LogP contribution in [0.3, 0.4) is 0 Å². The second kappa shape index (κ2) is 13.7. The lowest BCUT2D eigenvalue weighted by Gasteiger charge is -2.27. The summed E-state index contributed by atoms with van der Waals surface area (Å²) in [6.07, 6.45) is 0. The maximum absolute atomic E-state index is 6.46. The molecule has 2 nitrogen and oxygen atoms in total. The van der Waals surface area contributed by atoms with Gasteiger partial charge in [-0.25, -0.2) is 0 Å². The van der Waals surface area contributed by atoms with Gasteiger partial charge in [-0.15, -0.1) is 0 Å². The molecule has 0 N–H and O–H groups in total. The normalized spacial score (nSPS) is 11.4. The van der Waals surface area contributed by atoms with Crippen LogP contribution in [0.1, 0.15) is 5.56 Å². The third-order valence-electron chi connectivity index (χ3n) is 10.9. The molecule has 0 spiro atoms. The molecule has 9 aromatic carbocycles. The zero-order valence-corrected chi connectivity index (χ0v) is 30.5. The minimum atomic E-state index is 0.899. The van der Waals surface area contributed by atoms with Gasteiger partial charge < -0.3 is 9.32 Å². The minimum Gasteiger partial charge on any atom is -0.456 e. The van der Waals surface area contributed by atoms with Crippen LogP contribution in [0.2, 0.25) is 0 Å². The van der Waals surface area contributed by atoms with E-state index in [0.29, 0.717) is 0 Å². The molecule has 0 unspecified atom stereocenters. The van der Waals surface area contributed by atoms with Gasteiger partial charge in [-0.3, -0.25) is 0 Å². The maximum atomic E-state index is 6.46. The number of nitrogens with zero attached hydrogens (tertiary/aromatic N) is 1.